The van der Waals surface area contributed by atoms with Crippen LogP contribution in [-0.2, 0) is 14.0 Å². The number of rotatable bonds is 1. The maximum absolute atomic E-state index is 15.8. The molecule has 0 unspecified atom stereocenters. The molecule has 1 atom stereocenters. The fraction of sp³-hybridized carbons (Fsp3) is 0.625. The molecular weight excluding hydrogens is 454 g/mol. The molecule has 1 aromatic heterocycles. The topological polar surface area (TPSA) is 86.3 Å². The third-order valence-electron chi connectivity index (χ3n) is 7.17. The van der Waals surface area contributed by atoms with E-state index in [2.05, 4.69) is 14.9 Å². The second-order valence-corrected chi connectivity index (χ2v) is 11.4. The highest BCUT2D eigenvalue weighted by Gasteiger charge is 2.53. The lowest BCUT2D eigenvalue weighted by Crippen LogP contribution is -2.57. The lowest BCUT2D eigenvalue weighted by molar-refractivity contribution is 0.00578. The zero-order chi connectivity index (χ0) is 25.3. The number of piperazine rings is 1. The van der Waals surface area contributed by atoms with Gasteiger partial charge in [-0.05, 0) is 54.5 Å². The van der Waals surface area contributed by atoms with Crippen LogP contribution in [-0.4, -0.2) is 77.2 Å². The first-order valence-electron chi connectivity index (χ1n) is 12.0. The van der Waals surface area contributed by atoms with Gasteiger partial charge in [0.05, 0.1) is 22.6 Å². The zero-order valence-corrected chi connectivity index (χ0v) is 21.3. The van der Waals surface area contributed by atoms with E-state index in [0.29, 0.717) is 43.2 Å². The minimum absolute atomic E-state index is 0.160. The van der Waals surface area contributed by atoms with Crippen molar-refractivity contribution in [3.05, 3.63) is 18.2 Å². The van der Waals surface area contributed by atoms with Crippen molar-refractivity contribution in [2.45, 2.75) is 71.3 Å². The number of ether oxygens (including phenoxy) is 2. The van der Waals surface area contributed by atoms with Crippen LogP contribution < -0.4 is 15.1 Å². The molecule has 4 heterocycles. The molecule has 0 bridgehead atoms. The molecule has 2 saturated heterocycles. The summed E-state index contributed by atoms with van der Waals surface area (Å²) < 4.78 is 39.8. The fourth-order valence-corrected chi connectivity index (χ4v) is 4.61. The lowest BCUT2D eigenvalue weighted by atomic mass is 9.78. The minimum Gasteiger partial charge on any atom is -0.491 e. The van der Waals surface area contributed by atoms with Crippen molar-refractivity contribution in [2.24, 2.45) is 0 Å². The Morgan fingerprint density at radius 3 is 2.51 bits per heavy atom. The SMILES string of the molecule is CC(C)(C)OC(=O)N1CCN2c3ncnc4c(F)c(B5OC(C)(C)C(C)(C)O5)cc(c34)OC[C@@H]2C1. The summed E-state index contributed by atoms with van der Waals surface area (Å²) in [5.41, 5.74) is -1.41. The largest absolute Gasteiger partial charge is 0.498 e. The average molecular weight is 486 g/mol. The number of hydrogen-bond acceptors (Lipinski definition) is 8. The van der Waals surface area contributed by atoms with Gasteiger partial charge in [0.25, 0.3) is 0 Å². The van der Waals surface area contributed by atoms with Crippen LogP contribution in [0.15, 0.2) is 12.4 Å². The molecule has 2 aromatic rings. The third-order valence-corrected chi connectivity index (χ3v) is 7.17. The van der Waals surface area contributed by atoms with Crippen molar-refractivity contribution in [1.82, 2.24) is 14.9 Å². The predicted molar refractivity (Wildman–Crippen MR) is 130 cm³/mol. The van der Waals surface area contributed by atoms with Crippen molar-refractivity contribution in [1.29, 1.82) is 0 Å². The monoisotopic (exact) mass is 486 g/mol. The first-order chi connectivity index (χ1) is 16.3. The first kappa shape index (κ1) is 24.1. The number of fused-ring (bicyclic) bond motifs is 2. The molecule has 2 fully saturated rings. The molecule has 0 N–H and O–H groups in total. The minimum atomic E-state index is -0.892. The Morgan fingerprint density at radius 1 is 1.17 bits per heavy atom. The van der Waals surface area contributed by atoms with Gasteiger partial charge in [-0.15, -0.1) is 0 Å². The van der Waals surface area contributed by atoms with E-state index in [4.69, 9.17) is 18.8 Å². The number of hydrogen-bond donors (Lipinski definition) is 0. The Morgan fingerprint density at radius 2 is 1.86 bits per heavy atom. The van der Waals surface area contributed by atoms with E-state index in [1.807, 2.05) is 48.5 Å². The number of carbonyl (C=O) groups is 1. The van der Waals surface area contributed by atoms with Gasteiger partial charge in [-0.3, -0.25) is 0 Å². The van der Waals surface area contributed by atoms with E-state index in [-0.39, 0.29) is 23.1 Å². The highest BCUT2D eigenvalue weighted by molar-refractivity contribution is 6.62. The van der Waals surface area contributed by atoms with Crippen LogP contribution in [0.4, 0.5) is 15.0 Å². The Balaban J connectivity index is 1.49. The van der Waals surface area contributed by atoms with Crippen LogP contribution in [0.1, 0.15) is 48.5 Å². The van der Waals surface area contributed by atoms with Crippen LogP contribution in [0.2, 0.25) is 0 Å². The Bertz CT molecular complexity index is 1170. The quantitative estimate of drug-likeness (QED) is 0.569. The average Bonchev–Trinajstić information content (AvgIpc) is 2.88. The molecule has 0 saturated carbocycles. The number of nitrogens with zero attached hydrogens (tertiary/aromatic N) is 4. The molecule has 9 nitrogen and oxygen atoms in total. The summed E-state index contributed by atoms with van der Waals surface area (Å²) in [6, 6.07) is 1.46. The van der Waals surface area contributed by atoms with E-state index < -0.39 is 29.7 Å². The second kappa shape index (κ2) is 7.93. The highest BCUT2D eigenvalue weighted by atomic mass is 19.1. The summed E-state index contributed by atoms with van der Waals surface area (Å²) in [4.78, 5) is 25.2. The number of carbonyl (C=O) groups excluding carboxylic acids is 1. The van der Waals surface area contributed by atoms with Gasteiger partial charge in [0, 0.05) is 25.1 Å². The van der Waals surface area contributed by atoms with Crippen LogP contribution in [0.3, 0.4) is 0 Å². The Hall–Kier alpha value is -2.66. The van der Waals surface area contributed by atoms with Gasteiger partial charge in [-0.1, -0.05) is 0 Å². The molecule has 188 valence electrons. The molecular formula is C24H32BFN4O5. The maximum atomic E-state index is 15.8. The molecule has 35 heavy (non-hydrogen) atoms. The van der Waals surface area contributed by atoms with E-state index in [0.717, 1.165) is 0 Å². The van der Waals surface area contributed by atoms with E-state index in [1.54, 1.807) is 11.0 Å². The Kier molecular flexibility index (Phi) is 5.45. The summed E-state index contributed by atoms with van der Waals surface area (Å²) in [5, 5.41) is 0.512. The summed E-state index contributed by atoms with van der Waals surface area (Å²) in [6.07, 6.45) is 1.00. The smallest absolute Gasteiger partial charge is 0.491 e. The van der Waals surface area contributed by atoms with Crippen LogP contribution in [0, 0.1) is 5.82 Å². The highest BCUT2D eigenvalue weighted by Crippen LogP contribution is 2.40. The lowest BCUT2D eigenvalue weighted by Gasteiger charge is -2.41. The standard InChI is InChI=1S/C24H32BFN4O5/c1-22(2,3)33-21(31)29-8-9-30-14(11-29)12-32-16-10-15(25-34-23(4,5)24(6,7)35-25)18(26)19-17(16)20(30)28-13-27-19/h10,13-14H,8-9,11-12H2,1-7H3/t14-/m0/s1. The van der Waals surface area contributed by atoms with Crippen LogP contribution >= 0.6 is 0 Å². The number of halogens is 1. The maximum Gasteiger partial charge on any atom is 0.498 e. The zero-order valence-electron chi connectivity index (χ0n) is 21.3. The first-order valence-corrected chi connectivity index (χ1v) is 12.0. The summed E-state index contributed by atoms with van der Waals surface area (Å²) in [6.45, 7) is 14.9. The van der Waals surface area contributed by atoms with E-state index >= 15 is 4.39 Å². The molecule has 5 rings (SSSR count). The summed E-state index contributed by atoms with van der Waals surface area (Å²) in [5.74, 6) is 0.552. The van der Waals surface area contributed by atoms with Crippen molar-refractivity contribution in [2.75, 3.05) is 31.1 Å². The number of anilines is 1. The van der Waals surface area contributed by atoms with E-state index in [9.17, 15) is 4.79 Å². The molecule has 3 aliphatic rings. The number of amides is 1. The number of benzene rings is 1. The van der Waals surface area contributed by atoms with Gasteiger partial charge in [-0.25, -0.2) is 19.2 Å². The van der Waals surface area contributed by atoms with Gasteiger partial charge < -0.3 is 28.6 Å². The van der Waals surface area contributed by atoms with E-state index in [1.165, 1.54) is 6.33 Å². The molecule has 0 spiro atoms. The fourth-order valence-electron chi connectivity index (χ4n) is 4.61. The predicted octanol–water partition coefficient (Wildman–Crippen LogP) is 2.89. The Labute approximate surface area is 205 Å². The van der Waals surface area contributed by atoms with Crippen LogP contribution in [0.25, 0.3) is 10.9 Å². The van der Waals surface area contributed by atoms with Gasteiger partial charge in [0.1, 0.15) is 41.4 Å². The summed E-state index contributed by atoms with van der Waals surface area (Å²) in [7, 11) is -0.892. The van der Waals surface area contributed by atoms with Gasteiger partial charge in [0.15, 0.2) is 0 Å². The van der Waals surface area contributed by atoms with Gasteiger partial charge >= 0.3 is 13.2 Å². The number of aromatic nitrogens is 2. The normalized spacial score (nSPS) is 23.1. The van der Waals surface area contributed by atoms with Crippen molar-refractivity contribution in [3.8, 4) is 5.75 Å². The van der Waals surface area contributed by atoms with Gasteiger partial charge in [0.2, 0.25) is 0 Å². The molecule has 3 aliphatic heterocycles. The van der Waals surface area contributed by atoms with Crippen molar-refractivity contribution >= 4 is 35.4 Å². The molecule has 11 heteroatoms. The molecule has 0 radical (unpaired) electrons. The molecule has 1 amide bonds. The van der Waals surface area contributed by atoms with Crippen LogP contribution in [0.5, 0.6) is 5.75 Å². The van der Waals surface area contributed by atoms with Gasteiger partial charge in [-0.2, -0.15) is 0 Å². The molecule has 0 aliphatic carbocycles. The van der Waals surface area contributed by atoms with Crippen molar-refractivity contribution < 1.29 is 28.0 Å². The van der Waals surface area contributed by atoms with Crippen molar-refractivity contribution in [3.63, 3.8) is 0 Å². The molecule has 1 aromatic carbocycles. The third kappa shape index (κ3) is 4.08. The second-order valence-electron chi connectivity index (χ2n) is 11.4. The summed E-state index contributed by atoms with van der Waals surface area (Å²) >= 11 is 0.